The molecule has 2 unspecified atom stereocenters. The number of amides is 1. The molecule has 2 aromatic rings. The monoisotopic (exact) mass is 352 g/mol. The molecule has 2 N–H and O–H groups in total. The Labute approximate surface area is 145 Å². The van der Waals surface area contributed by atoms with E-state index in [-0.39, 0.29) is 24.4 Å². The van der Waals surface area contributed by atoms with Crippen molar-refractivity contribution in [2.75, 3.05) is 0 Å². The molecule has 0 bridgehead atoms. The molecular weight excluding hydrogens is 334 g/mol. The van der Waals surface area contributed by atoms with Crippen LogP contribution in [0.3, 0.4) is 0 Å². The van der Waals surface area contributed by atoms with Crippen LogP contribution in [0.5, 0.6) is 0 Å². The third-order valence-corrected chi connectivity index (χ3v) is 4.20. The lowest BCUT2D eigenvalue weighted by Crippen LogP contribution is -2.48. The minimum absolute atomic E-state index is 0. The van der Waals surface area contributed by atoms with E-state index in [4.69, 9.17) is 0 Å². The van der Waals surface area contributed by atoms with Gasteiger partial charge in [-0.1, -0.05) is 30.3 Å². The van der Waals surface area contributed by atoms with Crippen LogP contribution in [0.2, 0.25) is 0 Å². The molecule has 0 saturated heterocycles. The van der Waals surface area contributed by atoms with Gasteiger partial charge in [0.05, 0.1) is 12.1 Å². The van der Waals surface area contributed by atoms with Gasteiger partial charge < -0.3 is 10.6 Å². The molecule has 3 rings (SSSR count). The van der Waals surface area contributed by atoms with Gasteiger partial charge in [0.2, 0.25) is 5.91 Å². The fourth-order valence-corrected chi connectivity index (χ4v) is 2.82. The van der Waals surface area contributed by atoms with Gasteiger partial charge in [0, 0.05) is 6.54 Å². The van der Waals surface area contributed by atoms with Crippen molar-refractivity contribution in [3.63, 3.8) is 0 Å². The van der Waals surface area contributed by atoms with Crippen LogP contribution in [0.4, 0.5) is 8.78 Å². The molecule has 1 heterocycles. The van der Waals surface area contributed by atoms with Gasteiger partial charge in [-0.25, -0.2) is 8.78 Å². The fourth-order valence-electron chi connectivity index (χ4n) is 2.82. The van der Waals surface area contributed by atoms with Crippen LogP contribution >= 0.6 is 12.4 Å². The second-order valence-corrected chi connectivity index (χ2v) is 5.81. The summed E-state index contributed by atoms with van der Waals surface area (Å²) < 4.78 is 26.3. The van der Waals surface area contributed by atoms with Crippen molar-refractivity contribution in [2.45, 2.75) is 32.0 Å². The summed E-state index contributed by atoms with van der Waals surface area (Å²) >= 11 is 0. The van der Waals surface area contributed by atoms with Crippen molar-refractivity contribution >= 4 is 18.3 Å². The van der Waals surface area contributed by atoms with E-state index in [0.717, 1.165) is 17.7 Å². The molecule has 2 atom stereocenters. The van der Waals surface area contributed by atoms with E-state index in [0.29, 0.717) is 18.5 Å². The van der Waals surface area contributed by atoms with Crippen molar-refractivity contribution in [3.05, 3.63) is 70.8 Å². The van der Waals surface area contributed by atoms with Crippen LogP contribution in [-0.2, 0) is 17.8 Å². The molecule has 1 amide bonds. The Kier molecular flexibility index (Phi) is 5.91. The number of nitrogens with one attached hydrogen (secondary N) is 2. The van der Waals surface area contributed by atoms with Gasteiger partial charge in [0.25, 0.3) is 0 Å². The number of halogens is 3. The minimum atomic E-state index is -0.909. The van der Waals surface area contributed by atoms with Gasteiger partial charge >= 0.3 is 0 Å². The van der Waals surface area contributed by atoms with Gasteiger partial charge in [0.15, 0.2) is 11.6 Å². The molecule has 0 spiro atoms. The molecule has 2 aromatic carbocycles. The summed E-state index contributed by atoms with van der Waals surface area (Å²) in [4.78, 5) is 12.4. The smallest absolute Gasteiger partial charge is 0.237 e. The summed E-state index contributed by atoms with van der Waals surface area (Å²) in [5.41, 5.74) is 2.89. The van der Waals surface area contributed by atoms with Gasteiger partial charge in [-0.05, 0) is 42.2 Å². The van der Waals surface area contributed by atoms with Crippen molar-refractivity contribution in [1.29, 1.82) is 0 Å². The lowest BCUT2D eigenvalue weighted by molar-refractivity contribution is -0.124. The van der Waals surface area contributed by atoms with E-state index in [2.05, 4.69) is 10.6 Å². The normalized spacial score (nSPS) is 17.4. The highest BCUT2D eigenvalue weighted by Crippen LogP contribution is 2.19. The van der Waals surface area contributed by atoms with Gasteiger partial charge in [-0.3, -0.25) is 4.79 Å². The van der Waals surface area contributed by atoms with Crippen LogP contribution in [0.15, 0.2) is 42.5 Å². The second-order valence-electron chi connectivity index (χ2n) is 5.81. The Bertz CT molecular complexity index is 739. The molecule has 0 aromatic heterocycles. The number of hydrogen-bond acceptors (Lipinski definition) is 2. The molecule has 0 saturated carbocycles. The Balaban J connectivity index is 0.00000208. The zero-order chi connectivity index (χ0) is 16.4. The van der Waals surface area contributed by atoms with Crippen molar-refractivity contribution in [1.82, 2.24) is 10.6 Å². The minimum Gasteiger partial charge on any atom is -0.348 e. The van der Waals surface area contributed by atoms with Crippen LogP contribution < -0.4 is 10.6 Å². The zero-order valence-corrected chi connectivity index (χ0v) is 14.0. The average molecular weight is 353 g/mol. The summed E-state index contributed by atoms with van der Waals surface area (Å²) in [5.74, 6) is -1.94. The van der Waals surface area contributed by atoms with Crippen LogP contribution in [0.1, 0.15) is 29.7 Å². The Morgan fingerprint density at radius 3 is 2.58 bits per heavy atom. The van der Waals surface area contributed by atoms with E-state index in [1.807, 2.05) is 24.3 Å². The second kappa shape index (κ2) is 7.73. The number of rotatable bonds is 3. The predicted molar refractivity (Wildman–Crippen MR) is 90.9 cm³/mol. The van der Waals surface area contributed by atoms with Crippen molar-refractivity contribution in [3.8, 4) is 0 Å². The maximum absolute atomic E-state index is 13.3. The lowest BCUT2D eigenvalue weighted by Gasteiger charge is -2.26. The van der Waals surface area contributed by atoms with E-state index in [1.165, 1.54) is 11.6 Å². The van der Waals surface area contributed by atoms with E-state index < -0.39 is 17.7 Å². The molecule has 24 heavy (non-hydrogen) atoms. The molecule has 6 heteroatoms. The fraction of sp³-hybridized carbons (Fsp3) is 0.278. The predicted octanol–water partition coefficient (Wildman–Crippen LogP) is 3.28. The van der Waals surface area contributed by atoms with E-state index in [9.17, 15) is 13.6 Å². The highest BCUT2D eigenvalue weighted by atomic mass is 35.5. The number of hydrogen-bond donors (Lipinski definition) is 2. The zero-order valence-electron chi connectivity index (χ0n) is 13.2. The summed E-state index contributed by atoms with van der Waals surface area (Å²) in [6.07, 6.45) is 0.618. The summed E-state index contributed by atoms with van der Waals surface area (Å²) in [6.45, 7) is 2.40. The lowest BCUT2D eigenvalue weighted by atomic mass is 9.95. The molecule has 0 radical (unpaired) electrons. The molecule has 3 nitrogen and oxygen atoms in total. The highest BCUT2D eigenvalue weighted by molar-refractivity contribution is 5.85. The first-order valence-electron chi connectivity index (χ1n) is 7.60. The van der Waals surface area contributed by atoms with Gasteiger partial charge in [-0.2, -0.15) is 0 Å². The van der Waals surface area contributed by atoms with Gasteiger partial charge in [-0.15, -0.1) is 12.4 Å². The van der Waals surface area contributed by atoms with E-state index in [1.54, 1.807) is 6.92 Å². The molecule has 1 aliphatic rings. The largest absolute Gasteiger partial charge is 0.348 e. The van der Waals surface area contributed by atoms with Crippen LogP contribution in [0.25, 0.3) is 0 Å². The summed E-state index contributed by atoms with van der Waals surface area (Å²) in [6, 6.07) is 11.0. The molecule has 0 aliphatic carbocycles. The first-order chi connectivity index (χ1) is 11.0. The average Bonchev–Trinajstić information content (AvgIpc) is 2.56. The van der Waals surface area contributed by atoms with Gasteiger partial charge in [0.1, 0.15) is 0 Å². The Hall–Kier alpha value is -1.98. The molecular formula is C18H19ClF2N2O. The number of benzene rings is 2. The summed E-state index contributed by atoms with van der Waals surface area (Å²) in [7, 11) is 0. The Morgan fingerprint density at radius 2 is 1.88 bits per heavy atom. The maximum Gasteiger partial charge on any atom is 0.237 e. The van der Waals surface area contributed by atoms with Crippen LogP contribution in [-0.4, -0.2) is 11.9 Å². The third-order valence-electron chi connectivity index (χ3n) is 4.20. The third kappa shape index (κ3) is 3.91. The first kappa shape index (κ1) is 18.4. The quantitative estimate of drug-likeness (QED) is 0.890. The molecule has 128 valence electrons. The number of fused-ring (bicyclic) bond motifs is 1. The van der Waals surface area contributed by atoms with Crippen molar-refractivity contribution in [2.24, 2.45) is 0 Å². The summed E-state index contributed by atoms with van der Waals surface area (Å²) in [5, 5.41) is 6.06. The topological polar surface area (TPSA) is 41.1 Å². The Morgan fingerprint density at radius 1 is 1.17 bits per heavy atom. The number of carbonyl (C=O) groups excluding carboxylic acids is 1. The maximum atomic E-state index is 13.3. The number of carbonyl (C=O) groups is 1. The highest BCUT2D eigenvalue weighted by Gasteiger charge is 2.25. The van der Waals surface area contributed by atoms with Crippen molar-refractivity contribution < 1.29 is 13.6 Å². The molecule has 0 fully saturated rings. The van der Waals surface area contributed by atoms with E-state index >= 15 is 0 Å². The SMILES string of the molecule is CC(NC(=O)C1Cc2ccccc2CN1)c1ccc(F)c(F)c1.Cl. The molecule has 1 aliphatic heterocycles. The van der Waals surface area contributed by atoms with Crippen LogP contribution in [0, 0.1) is 11.6 Å². The standard InChI is InChI=1S/C18H18F2N2O.ClH/c1-11(12-6-7-15(19)16(20)8-12)22-18(23)17-9-13-4-2-3-5-14(13)10-21-17;/h2-8,11,17,21H,9-10H2,1H3,(H,22,23);1H. The first-order valence-corrected chi connectivity index (χ1v) is 7.60.